The average molecular weight is 171 g/mol. The third kappa shape index (κ3) is 3.11. The van der Waals surface area contributed by atoms with E-state index in [1.807, 2.05) is 0 Å². The molecule has 1 rings (SSSR count). The van der Waals surface area contributed by atoms with Gasteiger partial charge in [0.1, 0.15) is 0 Å². The summed E-state index contributed by atoms with van der Waals surface area (Å²) in [7, 11) is 0. The fraction of sp³-hybridized carbons (Fsp3) is 1.00. The van der Waals surface area contributed by atoms with Crippen molar-refractivity contribution in [2.45, 2.75) is 52.2 Å². The fourth-order valence-electron chi connectivity index (χ4n) is 1.46. The van der Waals surface area contributed by atoms with Gasteiger partial charge in [0.05, 0.1) is 12.3 Å². The second-order valence-electron chi connectivity index (χ2n) is 4.69. The van der Waals surface area contributed by atoms with Crippen molar-refractivity contribution in [2.24, 2.45) is 0 Å². The van der Waals surface area contributed by atoms with Crippen LogP contribution in [-0.2, 0) is 4.74 Å². The largest absolute Gasteiger partial charge is 0.360 e. The fourth-order valence-corrected chi connectivity index (χ4v) is 1.46. The first kappa shape index (κ1) is 10.0. The van der Waals surface area contributed by atoms with Crippen LogP contribution in [0.2, 0.25) is 0 Å². The molecule has 1 aliphatic rings. The highest BCUT2D eigenvalue weighted by Gasteiger charge is 2.21. The van der Waals surface area contributed by atoms with Crippen LogP contribution in [0.5, 0.6) is 0 Å². The highest BCUT2D eigenvalue weighted by atomic mass is 16.5. The summed E-state index contributed by atoms with van der Waals surface area (Å²) < 4.78 is 5.71. The predicted octanol–water partition coefficient (Wildman–Crippen LogP) is 2.24. The Morgan fingerprint density at radius 2 is 2.08 bits per heavy atom. The molecular weight excluding hydrogens is 150 g/mol. The van der Waals surface area contributed by atoms with Crippen molar-refractivity contribution in [3.05, 3.63) is 0 Å². The van der Waals surface area contributed by atoms with E-state index in [0.29, 0.717) is 6.04 Å². The van der Waals surface area contributed by atoms with Crippen LogP contribution < -0.4 is 0 Å². The molecule has 0 aromatic carbocycles. The molecule has 0 radical (unpaired) electrons. The highest BCUT2D eigenvalue weighted by Crippen LogP contribution is 2.17. The van der Waals surface area contributed by atoms with Crippen molar-refractivity contribution in [3.8, 4) is 0 Å². The first-order valence-electron chi connectivity index (χ1n) is 4.87. The van der Waals surface area contributed by atoms with Gasteiger partial charge in [-0.15, -0.1) is 0 Å². The van der Waals surface area contributed by atoms with Gasteiger partial charge in [0.25, 0.3) is 0 Å². The quantitative estimate of drug-likeness (QED) is 0.632. The lowest BCUT2D eigenvalue weighted by Crippen LogP contribution is -2.34. The summed E-state index contributed by atoms with van der Waals surface area (Å²) in [5.41, 5.74) is 0.00229. The molecule has 0 amide bonds. The summed E-state index contributed by atoms with van der Waals surface area (Å²) in [4.78, 5) is 2.41. The van der Waals surface area contributed by atoms with Crippen molar-refractivity contribution in [2.75, 3.05) is 13.3 Å². The highest BCUT2D eigenvalue weighted by molar-refractivity contribution is 4.73. The van der Waals surface area contributed by atoms with E-state index < -0.39 is 0 Å². The van der Waals surface area contributed by atoms with Crippen molar-refractivity contribution in [1.82, 2.24) is 4.90 Å². The Morgan fingerprint density at radius 1 is 1.42 bits per heavy atom. The van der Waals surface area contributed by atoms with E-state index in [2.05, 4.69) is 32.6 Å². The molecule has 1 fully saturated rings. The standard InChI is InChI=1S/C10H21NO/c1-9-6-5-7-11(9)8-12-10(2,3)4/h9H,5-8H2,1-4H3. The lowest BCUT2D eigenvalue weighted by molar-refractivity contribution is -0.0653. The molecular formula is C10H21NO. The molecule has 0 N–H and O–H groups in total. The Morgan fingerprint density at radius 3 is 2.50 bits per heavy atom. The van der Waals surface area contributed by atoms with E-state index in [9.17, 15) is 0 Å². The Bertz CT molecular complexity index is 139. The lowest BCUT2D eigenvalue weighted by Gasteiger charge is -2.26. The van der Waals surface area contributed by atoms with Gasteiger partial charge in [-0.05, 0) is 40.5 Å². The van der Waals surface area contributed by atoms with Gasteiger partial charge < -0.3 is 4.74 Å². The molecule has 2 heteroatoms. The molecule has 0 saturated carbocycles. The molecule has 0 aromatic rings. The topological polar surface area (TPSA) is 12.5 Å². The van der Waals surface area contributed by atoms with E-state index in [-0.39, 0.29) is 5.60 Å². The summed E-state index contributed by atoms with van der Waals surface area (Å²) in [5.74, 6) is 0. The molecule has 1 atom stereocenters. The molecule has 72 valence electrons. The molecule has 1 aliphatic heterocycles. The third-order valence-corrected chi connectivity index (χ3v) is 2.35. The monoisotopic (exact) mass is 171 g/mol. The number of nitrogens with zero attached hydrogens (tertiary/aromatic N) is 1. The van der Waals surface area contributed by atoms with Crippen LogP contribution in [0.1, 0.15) is 40.5 Å². The summed E-state index contributed by atoms with van der Waals surface area (Å²) in [6.07, 6.45) is 2.65. The van der Waals surface area contributed by atoms with Gasteiger partial charge in [0.15, 0.2) is 0 Å². The van der Waals surface area contributed by atoms with Gasteiger partial charge in [0.2, 0.25) is 0 Å². The maximum absolute atomic E-state index is 5.71. The smallest absolute Gasteiger partial charge is 0.0999 e. The maximum Gasteiger partial charge on any atom is 0.0999 e. The Hall–Kier alpha value is -0.0800. The van der Waals surface area contributed by atoms with Gasteiger partial charge in [-0.2, -0.15) is 0 Å². The van der Waals surface area contributed by atoms with Crippen LogP contribution in [0.3, 0.4) is 0 Å². The minimum Gasteiger partial charge on any atom is -0.360 e. The van der Waals surface area contributed by atoms with Gasteiger partial charge in [0, 0.05) is 12.6 Å². The number of likely N-dealkylation sites (tertiary alicyclic amines) is 1. The first-order chi connectivity index (χ1) is 5.49. The predicted molar refractivity (Wildman–Crippen MR) is 51.1 cm³/mol. The van der Waals surface area contributed by atoms with Crippen molar-refractivity contribution in [1.29, 1.82) is 0 Å². The summed E-state index contributed by atoms with van der Waals surface area (Å²) in [6.45, 7) is 10.6. The van der Waals surface area contributed by atoms with E-state index in [4.69, 9.17) is 4.74 Å². The average Bonchev–Trinajstić information content (AvgIpc) is 2.29. The van der Waals surface area contributed by atoms with Gasteiger partial charge in [-0.25, -0.2) is 0 Å². The molecule has 2 nitrogen and oxygen atoms in total. The molecule has 0 aliphatic carbocycles. The zero-order valence-corrected chi connectivity index (χ0v) is 8.76. The Kier molecular flexibility index (Phi) is 3.13. The summed E-state index contributed by atoms with van der Waals surface area (Å²) >= 11 is 0. The molecule has 1 saturated heterocycles. The zero-order valence-electron chi connectivity index (χ0n) is 8.76. The number of ether oxygens (including phenoxy) is 1. The second kappa shape index (κ2) is 3.75. The van der Waals surface area contributed by atoms with Gasteiger partial charge in [-0.3, -0.25) is 4.90 Å². The third-order valence-electron chi connectivity index (χ3n) is 2.35. The Labute approximate surface area is 75.9 Å². The molecule has 0 spiro atoms. The van der Waals surface area contributed by atoms with E-state index in [1.54, 1.807) is 0 Å². The van der Waals surface area contributed by atoms with Crippen LogP contribution in [0, 0.1) is 0 Å². The minimum absolute atomic E-state index is 0.00229. The van der Waals surface area contributed by atoms with Crippen LogP contribution in [0.4, 0.5) is 0 Å². The molecule has 12 heavy (non-hydrogen) atoms. The molecule has 0 bridgehead atoms. The number of rotatable bonds is 2. The van der Waals surface area contributed by atoms with Crippen LogP contribution in [0.15, 0.2) is 0 Å². The molecule has 1 heterocycles. The van der Waals surface area contributed by atoms with E-state index >= 15 is 0 Å². The van der Waals surface area contributed by atoms with Crippen LogP contribution >= 0.6 is 0 Å². The first-order valence-corrected chi connectivity index (χ1v) is 4.87. The summed E-state index contributed by atoms with van der Waals surface area (Å²) in [5, 5.41) is 0. The maximum atomic E-state index is 5.71. The number of hydrogen-bond acceptors (Lipinski definition) is 2. The summed E-state index contributed by atoms with van der Waals surface area (Å²) in [6, 6.07) is 0.715. The normalized spacial score (nSPS) is 26.5. The van der Waals surface area contributed by atoms with Crippen LogP contribution in [0.25, 0.3) is 0 Å². The van der Waals surface area contributed by atoms with Crippen molar-refractivity contribution >= 4 is 0 Å². The van der Waals surface area contributed by atoms with E-state index in [0.717, 1.165) is 6.73 Å². The molecule has 1 unspecified atom stereocenters. The van der Waals surface area contributed by atoms with Crippen molar-refractivity contribution in [3.63, 3.8) is 0 Å². The number of hydrogen-bond donors (Lipinski definition) is 0. The SMILES string of the molecule is CC1CCCN1COC(C)(C)C. The molecule has 0 aromatic heterocycles. The Balaban J connectivity index is 2.23. The van der Waals surface area contributed by atoms with Crippen molar-refractivity contribution < 1.29 is 4.74 Å². The minimum atomic E-state index is 0.00229. The van der Waals surface area contributed by atoms with Gasteiger partial charge >= 0.3 is 0 Å². The zero-order chi connectivity index (χ0) is 9.19. The second-order valence-corrected chi connectivity index (χ2v) is 4.69. The van der Waals surface area contributed by atoms with E-state index in [1.165, 1.54) is 19.4 Å². The van der Waals surface area contributed by atoms with Crippen LogP contribution in [-0.4, -0.2) is 29.8 Å². The van der Waals surface area contributed by atoms with Gasteiger partial charge in [-0.1, -0.05) is 0 Å². The lowest BCUT2D eigenvalue weighted by atomic mass is 10.2.